The topological polar surface area (TPSA) is 23.6 Å². The number of hydrogen-bond donors (Lipinski definition) is 0. The zero-order chi connectivity index (χ0) is 11.9. The van der Waals surface area contributed by atoms with E-state index in [2.05, 4.69) is 13.8 Å². The summed E-state index contributed by atoms with van der Waals surface area (Å²) in [5.74, 6) is 0.248. The number of rotatable bonds is 2. The van der Waals surface area contributed by atoms with Gasteiger partial charge in [-0.2, -0.15) is 0 Å². The van der Waals surface area contributed by atoms with Crippen molar-refractivity contribution < 1.29 is 4.79 Å². The number of carbonyl (C=O) groups is 1. The number of hydrogen-bond acceptors (Lipinski definition) is 2. The predicted octanol–water partition coefficient (Wildman–Crippen LogP) is 1.59. The molecule has 1 aliphatic heterocycles. The summed E-state index contributed by atoms with van der Waals surface area (Å²) in [6, 6.07) is 0. The van der Waals surface area contributed by atoms with E-state index in [9.17, 15) is 4.79 Å². The molecule has 0 spiro atoms. The van der Waals surface area contributed by atoms with E-state index in [0.717, 1.165) is 19.5 Å². The molecule has 1 fully saturated rings. The SMILES string of the molecule is CN(C)C(C)(C)C(=O)N1CCC(C)(C)C1. The average molecular weight is 212 g/mol. The minimum absolute atomic E-state index is 0.248. The van der Waals surface area contributed by atoms with Crippen molar-refractivity contribution in [2.24, 2.45) is 5.41 Å². The minimum atomic E-state index is -0.388. The van der Waals surface area contributed by atoms with Gasteiger partial charge in [-0.25, -0.2) is 0 Å². The Bertz CT molecular complexity index is 256. The van der Waals surface area contributed by atoms with E-state index in [1.807, 2.05) is 37.7 Å². The summed E-state index contributed by atoms with van der Waals surface area (Å²) in [4.78, 5) is 16.3. The van der Waals surface area contributed by atoms with Crippen molar-refractivity contribution in [1.29, 1.82) is 0 Å². The zero-order valence-corrected chi connectivity index (χ0v) is 10.9. The molecule has 15 heavy (non-hydrogen) atoms. The van der Waals surface area contributed by atoms with Crippen LogP contribution in [0.1, 0.15) is 34.1 Å². The number of nitrogens with zero attached hydrogens (tertiary/aromatic N) is 2. The third kappa shape index (κ3) is 2.51. The van der Waals surface area contributed by atoms with Crippen molar-refractivity contribution in [3.63, 3.8) is 0 Å². The Morgan fingerprint density at radius 1 is 1.33 bits per heavy atom. The smallest absolute Gasteiger partial charge is 0.242 e. The van der Waals surface area contributed by atoms with Crippen molar-refractivity contribution in [2.75, 3.05) is 27.2 Å². The first kappa shape index (κ1) is 12.5. The van der Waals surface area contributed by atoms with E-state index < -0.39 is 0 Å². The maximum Gasteiger partial charge on any atom is 0.242 e. The molecule has 1 heterocycles. The van der Waals surface area contributed by atoms with Gasteiger partial charge in [0.25, 0.3) is 0 Å². The second-order valence-electron chi connectivity index (χ2n) is 6.09. The highest BCUT2D eigenvalue weighted by Gasteiger charge is 2.39. The van der Waals surface area contributed by atoms with Crippen LogP contribution >= 0.6 is 0 Å². The van der Waals surface area contributed by atoms with Crippen LogP contribution in [0.15, 0.2) is 0 Å². The van der Waals surface area contributed by atoms with E-state index >= 15 is 0 Å². The van der Waals surface area contributed by atoms with Crippen molar-refractivity contribution in [2.45, 2.75) is 39.7 Å². The minimum Gasteiger partial charge on any atom is -0.341 e. The second kappa shape index (κ2) is 3.78. The lowest BCUT2D eigenvalue weighted by atomic mass is 9.93. The molecule has 0 N–H and O–H groups in total. The maximum atomic E-state index is 12.3. The van der Waals surface area contributed by atoms with Gasteiger partial charge >= 0.3 is 0 Å². The molecule has 88 valence electrons. The van der Waals surface area contributed by atoms with Gasteiger partial charge in [0.1, 0.15) is 0 Å². The Balaban J connectivity index is 2.71. The quantitative estimate of drug-likeness (QED) is 0.694. The molecule has 0 aromatic carbocycles. The molecule has 1 rings (SSSR count). The molecule has 0 aliphatic carbocycles. The fraction of sp³-hybridized carbons (Fsp3) is 0.917. The van der Waals surface area contributed by atoms with Crippen LogP contribution in [0.2, 0.25) is 0 Å². The second-order valence-corrected chi connectivity index (χ2v) is 6.09. The highest BCUT2D eigenvalue weighted by molar-refractivity contribution is 5.85. The van der Waals surface area contributed by atoms with Gasteiger partial charge in [-0.3, -0.25) is 9.69 Å². The Kier molecular flexibility index (Phi) is 3.15. The summed E-state index contributed by atoms with van der Waals surface area (Å²) in [5, 5.41) is 0. The lowest BCUT2D eigenvalue weighted by molar-refractivity contribution is -0.140. The van der Waals surface area contributed by atoms with E-state index in [4.69, 9.17) is 0 Å². The monoisotopic (exact) mass is 212 g/mol. The van der Waals surface area contributed by atoms with Crippen LogP contribution in [-0.2, 0) is 4.79 Å². The molecule has 0 radical (unpaired) electrons. The summed E-state index contributed by atoms with van der Waals surface area (Å²) < 4.78 is 0. The fourth-order valence-electron chi connectivity index (χ4n) is 1.86. The van der Waals surface area contributed by atoms with Crippen LogP contribution in [-0.4, -0.2) is 48.4 Å². The lowest BCUT2D eigenvalue weighted by Gasteiger charge is -2.35. The van der Waals surface area contributed by atoms with E-state index in [0.29, 0.717) is 0 Å². The molecule has 1 amide bonds. The molecule has 0 aromatic rings. The lowest BCUT2D eigenvalue weighted by Crippen LogP contribution is -2.53. The molecule has 3 heteroatoms. The average Bonchev–Trinajstić information content (AvgIpc) is 2.44. The van der Waals surface area contributed by atoms with Gasteiger partial charge in [-0.1, -0.05) is 13.8 Å². The summed E-state index contributed by atoms with van der Waals surface area (Å²) in [7, 11) is 3.91. The normalized spacial score (nSPS) is 21.1. The van der Waals surface area contributed by atoms with E-state index in [1.165, 1.54) is 0 Å². The summed E-state index contributed by atoms with van der Waals surface area (Å²) in [6.07, 6.45) is 1.11. The first-order chi connectivity index (χ1) is 6.67. The summed E-state index contributed by atoms with van der Waals surface area (Å²) in [5.41, 5.74) is -0.0987. The van der Waals surface area contributed by atoms with Gasteiger partial charge in [0.2, 0.25) is 5.91 Å². The fourth-order valence-corrected chi connectivity index (χ4v) is 1.86. The van der Waals surface area contributed by atoms with Crippen LogP contribution in [0.4, 0.5) is 0 Å². The molecule has 1 aliphatic rings. The molecular weight excluding hydrogens is 188 g/mol. The Labute approximate surface area is 93.4 Å². The largest absolute Gasteiger partial charge is 0.341 e. The highest BCUT2D eigenvalue weighted by atomic mass is 16.2. The van der Waals surface area contributed by atoms with Gasteiger partial charge < -0.3 is 4.90 Å². The van der Waals surface area contributed by atoms with Gasteiger partial charge in [-0.15, -0.1) is 0 Å². The van der Waals surface area contributed by atoms with E-state index in [1.54, 1.807) is 0 Å². The van der Waals surface area contributed by atoms with Crippen LogP contribution in [0.5, 0.6) is 0 Å². The third-order valence-electron chi connectivity index (χ3n) is 3.61. The van der Waals surface area contributed by atoms with Gasteiger partial charge in [0.05, 0.1) is 5.54 Å². The third-order valence-corrected chi connectivity index (χ3v) is 3.61. The van der Waals surface area contributed by atoms with Crippen molar-refractivity contribution in [3.8, 4) is 0 Å². The standard InChI is InChI=1S/C12H24N2O/c1-11(2)7-8-14(9-11)10(15)12(3,4)13(5)6/h7-9H2,1-6H3. The first-order valence-corrected chi connectivity index (χ1v) is 5.64. The van der Waals surface area contributed by atoms with Gasteiger partial charge in [0, 0.05) is 13.1 Å². The van der Waals surface area contributed by atoms with Crippen molar-refractivity contribution >= 4 is 5.91 Å². The van der Waals surface area contributed by atoms with Crippen molar-refractivity contribution in [1.82, 2.24) is 9.80 Å². The highest BCUT2D eigenvalue weighted by Crippen LogP contribution is 2.30. The molecule has 1 saturated heterocycles. The van der Waals surface area contributed by atoms with Crippen LogP contribution in [0.25, 0.3) is 0 Å². The number of carbonyl (C=O) groups excluding carboxylic acids is 1. The first-order valence-electron chi connectivity index (χ1n) is 5.64. The van der Waals surface area contributed by atoms with Crippen LogP contribution in [0, 0.1) is 5.41 Å². The van der Waals surface area contributed by atoms with Crippen LogP contribution in [0.3, 0.4) is 0 Å². The maximum absolute atomic E-state index is 12.3. The number of amides is 1. The molecule has 0 bridgehead atoms. The molecule has 3 nitrogen and oxygen atoms in total. The number of likely N-dealkylation sites (tertiary alicyclic amines) is 1. The Morgan fingerprint density at radius 2 is 1.87 bits per heavy atom. The predicted molar refractivity (Wildman–Crippen MR) is 62.7 cm³/mol. The van der Waals surface area contributed by atoms with E-state index in [-0.39, 0.29) is 16.9 Å². The van der Waals surface area contributed by atoms with Gasteiger partial charge in [-0.05, 0) is 39.8 Å². The number of likely N-dealkylation sites (N-methyl/N-ethyl adjacent to an activating group) is 1. The molecular formula is C12H24N2O. The van der Waals surface area contributed by atoms with Crippen molar-refractivity contribution in [3.05, 3.63) is 0 Å². The molecule has 0 atom stereocenters. The zero-order valence-electron chi connectivity index (χ0n) is 10.9. The summed E-state index contributed by atoms with van der Waals surface area (Å²) >= 11 is 0. The Morgan fingerprint density at radius 3 is 2.20 bits per heavy atom. The Hall–Kier alpha value is -0.570. The molecule has 0 saturated carbocycles. The molecule has 0 unspecified atom stereocenters. The molecule has 0 aromatic heterocycles. The van der Waals surface area contributed by atoms with Gasteiger partial charge in [0.15, 0.2) is 0 Å². The van der Waals surface area contributed by atoms with Crippen LogP contribution < -0.4 is 0 Å². The summed E-state index contributed by atoms with van der Waals surface area (Å²) in [6.45, 7) is 10.2.